The maximum absolute atomic E-state index is 13.8. The van der Waals surface area contributed by atoms with Gasteiger partial charge in [0.05, 0.1) is 7.11 Å². The first kappa shape index (κ1) is 20.6. The molecule has 0 aliphatic carbocycles. The summed E-state index contributed by atoms with van der Waals surface area (Å²) in [5.74, 6) is -1.20. The van der Waals surface area contributed by atoms with Gasteiger partial charge >= 0.3 is 5.97 Å². The van der Waals surface area contributed by atoms with Crippen molar-refractivity contribution in [1.82, 2.24) is 9.80 Å². The molecule has 0 unspecified atom stereocenters. The SMILES string of the molecule is COc1ccc(O)c(C(=O)OCC(=O)N2CCN(Cc3ccccc3F)CC2)c1. The van der Waals surface area contributed by atoms with E-state index in [2.05, 4.69) is 4.90 Å². The third-order valence-electron chi connectivity index (χ3n) is 4.83. The number of hydrogen-bond donors (Lipinski definition) is 1. The van der Waals surface area contributed by atoms with Crippen molar-refractivity contribution in [2.45, 2.75) is 6.54 Å². The van der Waals surface area contributed by atoms with Gasteiger partial charge in [-0.25, -0.2) is 9.18 Å². The van der Waals surface area contributed by atoms with Crippen LogP contribution in [0.1, 0.15) is 15.9 Å². The van der Waals surface area contributed by atoms with Gasteiger partial charge in [0, 0.05) is 38.3 Å². The number of benzene rings is 2. The van der Waals surface area contributed by atoms with Gasteiger partial charge in [0.25, 0.3) is 5.91 Å². The van der Waals surface area contributed by atoms with E-state index in [1.807, 2.05) is 0 Å². The van der Waals surface area contributed by atoms with Gasteiger partial charge in [-0.05, 0) is 24.3 Å². The summed E-state index contributed by atoms with van der Waals surface area (Å²) in [6.07, 6.45) is 0. The van der Waals surface area contributed by atoms with E-state index in [9.17, 15) is 19.1 Å². The molecule has 154 valence electrons. The summed E-state index contributed by atoms with van der Waals surface area (Å²) < 4.78 is 23.8. The number of phenols is 1. The Kier molecular flexibility index (Phi) is 6.66. The zero-order chi connectivity index (χ0) is 20.8. The fraction of sp³-hybridized carbons (Fsp3) is 0.333. The van der Waals surface area contributed by atoms with Crippen molar-refractivity contribution in [1.29, 1.82) is 0 Å². The highest BCUT2D eigenvalue weighted by Crippen LogP contribution is 2.23. The summed E-state index contributed by atoms with van der Waals surface area (Å²) in [6, 6.07) is 10.8. The number of ether oxygens (including phenoxy) is 2. The predicted molar refractivity (Wildman–Crippen MR) is 103 cm³/mol. The lowest BCUT2D eigenvalue weighted by Crippen LogP contribution is -2.49. The van der Waals surface area contributed by atoms with Crippen molar-refractivity contribution in [2.75, 3.05) is 39.9 Å². The summed E-state index contributed by atoms with van der Waals surface area (Å²) in [5, 5.41) is 9.80. The van der Waals surface area contributed by atoms with Crippen molar-refractivity contribution in [2.24, 2.45) is 0 Å². The van der Waals surface area contributed by atoms with Crippen molar-refractivity contribution in [3.63, 3.8) is 0 Å². The number of halogens is 1. The molecule has 1 heterocycles. The quantitative estimate of drug-likeness (QED) is 0.745. The standard InChI is InChI=1S/C21H23FN2O5/c1-28-16-6-7-19(25)17(12-16)21(27)29-14-20(26)24-10-8-23(9-11-24)13-15-4-2-3-5-18(15)22/h2-7,12,25H,8-11,13-14H2,1H3. The molecule has 2 aromatic rings. The first-order chi connectivity index (χ1) is 14.0. The van der Waals surface area contributed by atoms with Crippen molar-refractivity contribution in [3.05, 3.63) is 59.4 Å². The number of piperazine rings is 1. The van der Waals surface area contributed by atoms with Crippen LogP contribution in [0.5, 0.6) is 11.5 Å². The third-order valence-corrected chi connectivity index (χ3v) is 4.83. The molecule has 8 heteroatoms. The molecule has 0 bridgehead atoms. The lowest BCUT2D eigenvalue weighted by Gasteiger charge is -2.34. The number of amides is 1. The van der Waals surface area contributed by atoms with Crippen LogP contribution in [0.4, 0.5) is 4.39 Å². The number of nitrogens with zero attached hydrogens (tertiary/aromatic N) is 2. The molecule has 7 nitrogen and oxygen atoms in total. The molecule has 1 fully saturated rings. The van der Waals surface area contributed by atoms with Crippen molar-refractivity contribution >= 4 is 11.9 Å². The number of carbonyl (C=O) groups excluding carboxylic acids is 2. The lowest BCUT2D eigenvalue weighted by atomic mass is 10.2. The number of esters is 1. The minimum absolute atomic E-state index is 0.0631. The Balaban J connectivity index is 1.47. The fourth-order valence-corrected chi connectivity index (χ4v) is 3.12. The Morgan fingerprint density at radius 3 is 2.52 bits per heavy atom. The summed E-state index contributed by atoms with van der Waals surface area (Å²) in [5.41, 5.74) is 0.561. The summed E-state index contributed by atoms with van der Waals surface area (Å²) in [7, 11) is 1.44. The van der Waals surface area contributed by atoms with Gasteiger partial charge in [-0.2, -0.15) is 0 Å². The maximum atomic E-state index is 13.8. The molecule has 0 spiro atoms. The Labute approximate surface area is 168 Å². The minimum Gasteiger partial charge on any atom is -0.507 e. The summed E-state index contributed by atoms with van der Waals surface area (Å²) in [6.45, 7) is 2.21. The molecule has 1 amide bonds. The van der Waals surface area contributed by atoms with Crippen LogP contribution < -0.4 is 4.74 Å². The lowest BCUT2D eigenvalue weighted by molar-refractivity contribution is -0.136. The second kappa shape index (κ2) is 9.38. The van der Waals surface area contributed by atoms with E-state index in [0.717, 1.165) is 0 Å². The predicted octanol–water partition coefficient (Wildman–Crippen LogP) is 2.04. The van der Waals surface area contributed by atoms with Gasteiger partial charge < -0.3 is 19.5 Å². The molecular weight excluding hydrogens is 379 g/mol. The number of methoxy groups -OCH3 is 1. The second-order valence-corrected chi connectivity index (χ2v) is 6.71. The highest BCUT2D eigenvalue weighted by Gasteiger charge is 2.23. The molecule has 1 saturated heterocycles. The highest BCUT2D eigenvalue weighted by molar-refractivity contribution is 5.94. The van der Waals surface area contributed by atoms with Gasteiger partial charge in [0.15, 0.2) is 6.61 Å². The van der Waals surface area contributed by atoms with Crippen LogP contribution in [0.15, 0.2) is 42.5 Å². The Morgan fingerprint density at radius 1 is 1.10 bits per heavy atom. The number of aromatic hydroxyl groups is 1. The molecule has 3 rings (SSSR count). The van der Waals surface area contributed by atoms with Crippen LogP contribution in [-0.2, 0) is 16.1 Å². The smallest absolute Gasteiger partial charge is 0.342 e. The Bertz CT molecular complexity index is 881. The van der Waals surface area contributed by atoms with Gasteiger partial charge in [-0.3, -0.25) is 9.69 Å². The molecule has 0 saturated carbocycles. The first-order valence-electron chi connectivity index (χ1n) is 9.25. The Morgan fingerprint density at radius 2 is 1.83 bits per heavy atom. The summed E-state index contributed by atoms with van der Waals surface area (Å²) in [4.78, 5) is 28.2. The average molecular weight is 402 g/mol. The largest absolute Gasteiger partial charge is 0.507 e. The zero-order valence-corrected chi connectivity index (χ0v) is 16.1. The molecule has 29 heavy (non-hydrogen) atoms. The average Bonchev–Trinajstić information content (AvgIpc) is 2.74. The number of hydrogen-bond acceptors (Lipinski definition) is 6. The van der Waals surface area contributed by atoms with E-state index in [0.29, 0.717) is 44.0 Å². The number of carbonyl (C=O) groups is 2. The van der Waals surface area contributed by atoms with E-state index < -0.39 is 12.6 Å². The molecule has 1 aliphatic heterocycles. The van der Waals surface area contributed by atoms with Crippen LogP contribution in [0, 0.1) is 5.82 Å². The van der Waals surface area contributed by atoms with Crippen LogP contribution in [-0.4, -0.2) is 66.7 Å². The van der Waals surface area contributed by atoms with E-state index in [1.165, 1.54) is 31.4 Å². The van der Waals surface area contributed by atoms with E-state index in [-0.39, 0.29) is 23.0 Å². The number of rotatable bonds is 6. The van der Waals surface area contributed by atoms with E-state index >= 15 is 0 Å². The number of phenolic OH excluding ortho intramolecular Hbond substituents is 1. The van der Waals surface area contributed by atoms with Crippen LogP contribution in [0.3, 0.4) is 0 Å². The van der Waals surface area contributed by atoms with Crippen LogP contribution in [0.25, 0.3) is 0 Å². The summed E-state index contributed by atoms with van der Waals surface area (Å²) >= 11 is 0. The molecule has 1 N–H and O–H groups in total. The Hall–Kier alpha value is -3.13. The van der Waals surface area contributed by atoms with Gasteiger partial charge in [0.1, 0.15) is 22.9 Å². The molecule has 2 aromatic carbocycles. The topological polar surface area (TPSA) is 79.3 Å². The van der Waals surface area contributed by atoms with Gasteiger partial charge in [-0.15, -0.1) is 0 Å². The fourth-order valence-electron chi connectivity index (χ4n) is 3.12. The minimum atomic E-state index is -0.798. The highest BCUT2D eigenvalue weighted by atomic mass is 19.1. The zero-order valence-electron chi connectivity index (χ0n) is 16.1. The third kappa shape index (κ3) is 5.23. The molecular formula is C21H23FN2O5. The van der Waals surface area contributed by atoms with Crippen molar-refractivity contribution in [3.8, 4) is 11.5 Å². The van der Waals surface area contributed by atoms with Crippen molar-refractivity contribution < 1.29 is 28.6 Å². The molecule has 0 atom stereocenters. The first-order valence-corrected chi connectivity index (χ1v) is 9.25. The monoisotopic (exact) mass is 402 g/mol. The maximum Gasteiger partial charge on any atom is 0.342 e. The van der Waals surface area contributed by atoms with E-state index in [1.54, 1.807) is 23.1 Å². The van der Waals surface area contributed by atoms with Crippen LogP contribution in [0.2, 0.25) is 0 Å². The molecule has 1 aliphatic rings. The van der Waals surface area contributed by atoms with E-state index in [4.69, 9.17) is 9.47 Å². The van der Waals surface area contributed by atoms with Crippen LogP contribution >= 0.6 is 0 Å². The van der Waals surface area contributed by atoms with Gasteiger partial charge in [0.2, 0.25) is 0 Å². The normalized spacial score (nSPS) is 14.5. The molecule has 0 aromatic heterocycles. The van der Waals surface area contributed by atoms with Gasteiger partial charge in [-0.1, -0.05) is 18.2 Å². The second-order valence-electron chi connectivity index (χ2n) is 6.71. The molecule has 0 radical (unpaired) electrons.